The van der Waals surface area contributed by atoms with Gasteiger partial charge in [-0.3, -0.25) is 4.79 Å². The van der Waals surface area contributed by atoms with Crippen LogP contribution in [-0.4, -0.2) is 25.2 Å². The second-order valence-electron chi connectivity index (χ2n) is 3.16. The summed E-state index contributed by atoms with van der Waals surface area (Å²) < 4.78 is 5.19. The van der Waals surface area contributed by atoms with E-state index in [1.165, 1.54) is 0 Å². The Labute approximate surface area is 89.4 Å². The van der Waals surface area contributed by atoms with Crippen molar-refractivity contribution in [2.24, 2.45) is 5.73 Å². The molecular weight excluding hydrogens is 192 g/mol. The Morgan fingerprint density at radius 2 is 2.13 bits per heavy atom. The minimum Gasteiger partial charge on any atom is -0.367 e. The van der Waals surface area contributed by atoms with Crippen molar-refractivity contribution in [1.29, 1.82) is 0 Å². The fraction of sp³-hybridized carbons (Fsp3) is 0.364. The van der Waals surface area contributed by atoms with Gasteiger partial charge >= 0.3 is 0 Å². The Morgan fingerprint density at radius 3 is 2.73 bits per heavy atom. The first kappa shape index (κ1) is 11.7. The third kappa shape index (κ3) is 4.10. The molecule has 0 heterocycles. The predicted molar refractivity (Wildman–Crippen MR) is 59.5 cm³/mol. The third-order valence-electron chi connectivity index (χ3n) is 1.90. The van der Waals surface area contributed by atoms with E-state index in [1.54, 1.807) is 6.92 Å². The Balaban J connectivity index is 2.42. The maximum absolute atomic E-state index is 11.5. The largest absolute Gasteiger partial charge is 0.367 e. The molecule has 0 fully saturated rings. The van der Waals surface area contributed by atoms with Crippen LogP contribution in [0, 0.1) is 0 Å². The summed E-state index contributed by atoms with van der Waals surface area (Å²) >= 11 is 0. The number of carbonyl (C=O) groups excluding carboxylic acids is 1. The first-order chi connectivity index (χ1) is 7.24. The lowest BCUT2D eigenvalue weighted by Crippen LogP contribution is -2.29. The van der Waals surface area contributed by atoms with Gasteiger partial charge in [0.05, 0.1) is 6.61 Å². The number of nitrogens with one attached hydrogen (secondary N) is 1. The van der Waals surface area contributed by atoms with Crippen molar-refractivity contribution >= 4 is 11.6 Å². The van der Waals surface area contributed by atoms with Crippen molar-refractivity contribution in [1.82, 2.24) is 0 Å². The van der Waals surface area contributed by atoms with Crippen LogP contribution in [0.1, 0.15) is 6.92 Å². The zero-order chi connectivity index (χ0) is 11.1. The maximum atomic E-state index is 11.5. The Kier molecular flexibility index (Phi) is 4.80. The van der Waals surface area contributed by atoms with Gasteiger partial charge in [-0.1, -0.05) is 18.2 Å². The summed E-state index contributed by atoms with van der Waals surface area (Å²) in [5, 5.41) is 2.75. The minimum atomic E-state index is -0.478. The van der Waals surface area contributed by atoms with E-state index in [9.17, 15) is 4.79 Å². The van der Waals surface area contributed by atoms with Crippen LogP contribution in [0.5, 0.6) is 0 Å². The molecule has 1 amide bonds. The van der Waals surface area contributed by atoms with Gasteiger partial charge in [-0.25, -0.2) is 0 Å². The molecule has 4 nitrogen and oxygen atoms in total. The van der Waals surface area contributed by atoms with Crippen LogP contribution >= 0.6 is 0 Å². The molecule has 1 rings (SSSR count). The summed E-state index contributed by atoms with van der Waals surface area (Å²) in [6, 6.07) is 9.27. The Hall–Kier alpha value is -1.39. The Bertz CT molecular complexity index is 301. The fourth-order valence-electron chi connectivity index (χ4n) is 1.09. The smallest absolute Gasteiger partial charge is 0.253 e. The summed E-state index contributed by atoms with van der Waals surface area (Å²) in [6.45, 7) is 2.51. The normalized spacial score (nSPS) is 12.1. The van der Waals surface area contributed by atoms with E-state index in [-0.39, 0.29) is 5.91 Å². The SMILES string of the molecule is CC(OCCN)C(=O)Nc1ccccc1. The molecule has 4 heteroatoms. The molecule has 1 aromatic carbocycles. The van der Waals surface area contributed by atoms with E-state index in [0.29, 0.717) is 13.2 Å². The number of amides is 1. The molecule has 0 aliphatic heterocycles. The van der Waals surface area contributed by atoms with Crippen molar-refractivity contribution < 1.29 is 9.53 Å². The number of hydrogen-bond acceptors (Lipinski definition) is 3. The first-order valence-electron chi connectivity index (χ1n) is 4.91. The van der Waals surface area contributed by atoms with Crippen LogP contribution in [0.25, 0.3) is 0 Å². The summed E-state index contributed by atoms with van der Waals surface area (Å²) in [7, 11) is 0. The van der Waals surface area contributed by atoms with Gasteiger partial charge in [-0.05, 0) is 19.1 Å². The van der Waals surface area contributed by atoms with Gasteiger partial charge in [0, 0.05) is 12.2 Å². The molecule has 0 bridgehead atoms. The third-order valence-corrected chi connectivity index (χ3v) is 1.90. The van der Waals surface area contributed by atoms with Gasteiger partial charge in [0.2, 0.25) is 0 Å². The summed E-state index contributed by atoms with van der Waals surface area (Å²) in [5.41, 5.74) is 6.04. The van der Waals surface area contributed by atoms with E-state index in [2.05, 4.69) is 5.32 Å². The number of ether oxygens (including phenoxy) is 1. The van der Waals surface area contributed by atoms with Gasteiger partial charge in [-0.15, -0.1) is 0 Å². The highest BCUT2D eigenvalue weighted by atomic mass is 16.5. The molecule has 0 aliphatic rings. The molecule has 1 aromatic rings. The van der Waals surface area contributed by atoms with Gasteiger partial charge < -0.3 is 15.8 Å². The summed E-state index contributed by atoms with van der Waals surface area (Å²) in [6.07, 6.45) is -0.478. The monoisotopic (exact) mass is 208 g/mol. The van der Waals surface area contributed by atoms with Crippen LogP contribution < -0.4 is 11.1 Å². The number of nitrogens with two attached hydrogens (primary N) is 1. The van der Waals surface area contributed by atoms with Crippen LogP contribution in [0.3, 0.4) is 0 Å². The number of anilines is 1. The zero-order valence-electron chi connectivity index (χ0n) is 8.77. The molecule has 0 aliphatic carbocycles. The van der Waals surface area contributed by atoms with Gasteiger partial charge in [-0.2, -0.15) is 0 Å². The fourth-order valence-corrected chi connectivity index (χ4v) is 1.09. The highest BCUT2D eigenvalue weighted by Crippen LogP contribution is 2.06. The van der Waals surface area contributed by atoms with E-state index in [4.69, 9.17) is 10.5 Å². The van der Waals surface area contributed by atoms with Crippen molar-refractivity contribution in [3.05, 3.63) is 30.3 Å². The van der Waals surface area contributed by atoms with Gasteiger partial charge in [0.1, 0.15) is 6.10 Å². The van der Waals surface area contributed by atoms with Crippen LogP contribution in [0.2, 0.25) is 0 Å². The van der Waals surface area contributed by atoms with Crippen molar-refractivity contribution in [3.8, 4) is 0 Å². The molecule has 82 valence electrons. The molecule has 0 spiro atoms. The zero-order valence-corrected chi connectivity index (χ0v) is 8.77. The molecule has 0 saturated heterocycles. The summed E-state index contributed by atoms with van der Waals surface area (Å²) in [5.74, 6) is -0.158. The first-order valence-corrected chi connectivity index (χ1v) is 4.91. The standard InChI is InChI=1S/C11H16N2O2/c1-9(15-8-7-12)11(14)13-10-5-3-2-4-6-10/h2-6,9H,7-8,12H2,1H3,(H,13,14). The molecule has 0 radical (unpaired) electrons. The topological polar surface area (TPSA) is 64.3 Å². The average molecular weight is 208 g/mol. The molecule has 15 heavy (non-hydrogen) atoms. The number of hydrogen-bond donors (Lipinski definition) is 2. The lowest BCUT2D eigenvalue weighted by molar-refractivity contribution is -0.126. The highest BCUT2D eigenvalue weighted by Gasteiger charge is 2.12. The van der Waals surface area contributed by atoms with E-state index in [1.807, 2.05) is 30.3 Å². The minimum absolute atomic E-state index is 0.158. The number of benzene rings is 1. The second-order valence-corrected chi connectivity index (χ2v) is 3.16. The van der Waals surface area contributed by atoms with E-state index >= 15 is 0 Å². The maximum Gasteiger partial charge on any atom is 0.253 e. The lowest BCUT2D eigenvalue weighted by atomic mass is 10.3. The number of carbonyl (C=O) groups is 1. The molecule has 1 unspecified atom stereocenters. The number of rotatable bonds is 5. The molecule has 0 saturated carbocycles. The van der Waals surface area contributed by atoms with Crippen molar-refractivity contribution in [2.75, 3.05) is 18.5 Å². The summed E-state index contributed by atoms with van der Waals surface area (Å²) in [4.78, 5) is 11.5. The molecular formula is C11H16N2O2. The van der Waals surface area contributed by atoms with Crippen LogP contribution in [0.15, 0.2) is 30.3 Å². The lowest BCUT2D eigenvalue weighted by Gasteiger charge is -2.12. The van der Waals surface area contributed by atoms with Crippen LogP contribution in [0.4, 0.5) is 5.69 Å². The number of para-hydroxylation sites is 1. The van der Waals surface area contributed by atoms with Gasteiger partial charge in [0.25, 0.3) is 5.91 Å². The van der Waals surface area contributed by atoms with E-state index < -0.39 is 6.10 Å². The molecule has 3 N–H and O–H groups in total. The van der Waals surface area contributed by atoms with Crippen LogP contribution in [-0.2, 0) is 9.53 Å². The predicted octanol–water partition coefficient (Wildman–Crippen LogP) is 0.989. The van der Waals surface area contributed by atoms with Gasteiger partial charge in [0.15, 0.2) is 0 Å². The average Bonchev–Trinajstić information content (AvgIpc) is 2.27. The van der Waals surface area contributed by atoms with E-state index in [0.717, 1.165) is 5.69 Å². The highest BCUT2D eigenvalue weighted by molar-refractivity contribution is 5.93. The molecule has 1 atom stereocenters. The van der Waals surface area contributed by atoms with Crippen molar-refractivity contribution in [3.63, 3.8) is 0 Å². The quantitative estimate of drug-likeness (QED) is 0.758. The second kappa shape index (κ2) is 6.16. The molecule has 0 aromatic heterocycles. The Morgan fingerprint density at radius 1 is 1.47 bits per heavy atom. The van der Waals surface area contributed by atoms with Crippen molar-refractivity contribution in [2.45, 2.75) is 13.0 Å².